The van der Waals surface area contributed by atoms with E-state index in [0.29, 0.717) is 16.5 Å². The highest BCUT2D eigenvalue weighted by atomic mass is 35.5. The van der Waals surface area contributed by atoms with Crippen molar-refractivity contribution in [3.8, 4) is 5.75 Å². The summed E-state index contributed by atoms with van der Waals surface area (Å²) >= 11 is 5.90. The van der Waals surface area contributed by atoms with E-state index >= 15 is 0 Å². The van der Waals surface area contributed by atoms with Crippen molar-refractivity contribution in [1.82, 2.24) is 9.97 Å². The van der Waals surface area contributed by atoms with Gasteiger partial charge in [-0.3, -0.25) is 0 Å². The van der Waals surface area contributed by atoms with E-state index in [9.17, 15) is 13.2 Å². The van der Waals surface area contributed by atoms with Gasteiger partial charge in [-0.2, -0.15) is 18.2 Å². The van der Waals surface area contributed by atoms with Gasteiger partial charge in [0.15, 0.2) is 5.69 Å². The molecule has 0 saturated heterocycles. The molecule has 130 valence electrons. The third kappa shape index (κ3) is 4.62. The van der Waals surface area contributed by atoms with Gasteiger partial charge in [0.1, 0.15) is 11.6 Å². The first-order valence-corrected chi connectivity index (χ1v) is 7.13. The number of nitrogens with one attached hydrogen (secondary N) is 2. The fourth-order valence-corrected chi connectivity index (χ4v) is 1.99. The molecule has 0 fully saturated rings. The molecule has 0 radical (unpaired) electrons. The van der Waals surface area contributed by atoms with Crippen LogP contribution in [0.15, 0.2) is 24.3 Å². The molecule has 0 atom stereocenters. The number of aromatic nitrogens is 2. The lowest BCUT2D eigenvalue weighted by Crippen LogP contribution is -2.15. The molecule has 24 heavy (non-hydrogen) atoms. The van der Waals surface area contributed by atoms with E-state index in [1.807, 2.05) is 0 Å². The molecule has 0 aliphatic carbocycles. The number of methoxy groups -OCH3 is 1. The van der Waals surface area contributed by atoms with Gasteiger partial charge < -0.3 is 20.5 Å². The van der Waals surface area contributed by atoms with E-state index in [0.717, 1.165) is 6.07 Å². The predicted octanol–water partition coefficient (Wildman–Crippen LogP) is 3.31. The van der Waals surface area contributed by atoms with Crippen LogP contribution in [-0.4, -0.2) is 35.3 Å². The summed E-state index contributed by atoms with van der Waals surface area (Å²) < 4.78 is 44.1. The number of benzene rings is 1. The zero-order valence-electron chi connectivity index (χ0n) is 12.5. The zero-order chi connectivity index (χ0) is 17.7. The molecule has 0 unspecified atom stereocenters. The Morgan fingerprint density at radius 3 is 2.62 bits per heavy atom. The van der Waals surface area contributed by atoms with Crippen molar-refractivity contribution < 1.29 is 23.0 Å². The molecule has 0 aliphatic heterocycles. The van der Waals surface area contributed by atoms with E-state index in [4.69, 9.17) is 21.4 Å². The van der Waals surface area contributed by atoms with Gasteiger partial charge in [0.25, 0.3) is 0 Å². The number of ether oxygens (including phenoxy) is 1. The van der Waals surface area contributed by atoms with Gasteiger partial charge >= 0.3 is 6.18 Å². The molecule has 2 rings (SSSR count). The Morgan fingerprint density at radius 1 is 1.25 bits per heavy atom. The van der Waals surface area contributed by atoms with Gasteiger partial charge in [0, 0.05) is 17.6 Å². The number of hydrogen-bond acceptors (Lipinski definition) is 6. The Labute approximate surface area is 140 Å². The van der Waals surface area contributed by atoms with Crippen LogP contribution in [0.5, 0.6) is 5.75 Å². The summed E-state index contributed by atoms with van der Waals surface area (Å²) in [7, 11) is 1.42. The van der Waals surface area contributed by atoms with E-state index < -0.39 is 11.9 Å². The second-order valence-corrected chi connectivity index (χ2v) is 5.02. The van der Waals surface area contributed by atoms with Crippen LogP contribution in [-0.2, 0) is 6.18 Å². The molecule has 3 N–H and O–H groups in total. The normalized spacial score (nSPS) is 11.2. The minimum Gasteiger partial charge on any atom is -0.495 e. The molecule has 1 aromatic heterocycles. The summed E-state index contributed by atoms with van der Waals surface area (Å²) in [5.41, 5.74) is -0.772. The van der Waals surface area contributed by atoms with Gasteiger partial charge in [0.05, 0.1) is 19.4 Å². The molecule has 1 aromatic carbocycles. The number of aliphatic hydroxyl groups is 1. The first-order valence-electron chi connectivity index (χ1n) is 6.75. The summed E-state index contributed by atoms with van der Waals surface area (Å²) in [6, 6.07) is 5.42. The second-order valence-electron chi connectivity index (χ2n) is 4.58. The molecule has 0 bridgehead atoms. The quantitative estimate of drug-likeness (QED) is 0.731. The molecule has 1 heterocycles. The highest BCUT2D eigenvalue weighted by molar-refractivity contribution is 6.31. The summed E-state index contributed by atoms with van der Waals surface area (Å²) in [5.74, 6) is 0.0251. The van der Waals surface area contributed by atoms with Crippen molar-refractivity contribution in [1.29, 1.82) is 0 Å². The van der Waals surface area contributed by atoms with Crippen LogP contribution in [0.4, 0.5) is 30.6 Å². The summed E-state index contributed by atoms with van der Waals surface area (Å²) in [6.07, 6.45) is -4.65. The molecule has 0 spiro atoms. The molecular weight excluding hydrogens is 349 g/mol. The maximum Gasteiger partial charge on any atom is 0.433 e. The van der Waals surface area contributed by atoms with E-state index in [-0.39, 0.29) is 24.9 Å². The lowest BCUT2D eigenvalue weighted by atomic mass is 10.3. The van der Waals surface area contributed by atoms with Crippen LogP contribution in [0.3, 0.4) is 0 Å². The average molecular weight is 363 g/mol. The lowest BCUT2D eigenvalue weighted by molar-refractivity contribution is -0.141. The number of nitrogens with zero attached hydrogens (tertiary/aromatic N) is 2. The van der Waals surface area contributed by atoms with Crippen LogP contribution in [0.2, 0.25) is 5.02 Å². The lowest BCUT2D eigenvalue weighted by Gasteiger charge is -2.14. The fourth-order valence-electron chi connectivity index (χ4n) is 1.82. The molecule has 0 saturated carbocycles. The van der Waals surface area contributed by atoms with E-state index in [2.05, 4.69) is 20.6 Å². The Hall–Kier alpha value is -2.26. The molecule has 10 heteroatoms. The van der Waals surface area contributed by atoms with Gasteiger partial charge in [-0.25, -0.2) is 4.98 Å². The van der Waals surface area contributed by atoms with Crippen molar-refractivity contribution in [2.45, 2.75) is 6.18 Å². The largest absolute Gasteiger partial charge is 0.495 e. The Morgan fingerprint density at radius 2 is 2.00 bits per heavy atom. The van der Waals surface area contributed by atoms with Gasteiger partial charge in [-0.05, 0) is 18.2 Å². The SMILES string of the molecule is COc1ccc(Cl)cc1Nc1cc(C(F)(F)F)nc(NCCO)n1. The van der Waals surface area contributed by atoms with Gasteiger partial charge in [-0.1, -0.05) is 11.6 Å². The summed E-state index contributed by atoms with van der Waals surface area (Å²) in [5, 5.41) is 14.4. The second kappa shape index (κ2) is 7.54. The summed E-state index contributed by atoms with van der Waals surface area (Å²) in [6.45, 7) is -0.258. The Bertz CT molecular complexity index is 713. The third-order valence-corrected chi connectivity index (χ3v) is 3.07. The third-order valence-electron chi connectivity index (χ3n) is 2.84. The van der Waals surface area contributed by atoms with Gasteiger partial charge in [0.2, 0.25) is 5.95 Å². The first kappa shape index (κ1) is 18.1. The van der Waals surface area contributed by atoms with Crippen molar-refractivity contribution in [3.05, 3.63) is 35.0 Å². The van der Waals surface area contributed by atoms with Crippen LogP contribution < -0.4 is 15.4 Å². The van der Waals surface area contributed by atoms with Crippen molar-refractivity contribution in [2.24, 2.45) is 0 Å². The number of halogens is 4. The van der Waals surface area contributed by atoms with E-state index in [1.54, 1.807) is 12.1 Å². The monoisotopic (exact) mass is 362 g/mol. The van der Waals surface area contributed by atoms with E-state index in [1.165, 1.54) is 13.2 Å². The maximum atomic E-state index is 13.0. The first-order chi connectivity index (χ1) is 11.3. The fraction of sp³-hybridized carbons (Fsp3) is 0.286. The number of alkyl halides is 3. The average Bonchev–Trinajstić information content (AvgIpc) is 2.52. The van der Waals surface area contributed by atoms with Gasteiger partial charge in [-0.15, -0.1) is 0 Å². The molecule has 6 nitrogen and oxygen atoms in total. The number of hydrogen-bond donors (Lipinski definition) is 3. The van der Waals surface area contributed by atoms with Crippen LogP contribution in [0.25, 0.3) is 0 Å². The number of aliphatic hydroxyl groups excluding tert-OH is 1. The van der Waals surface area contributed by atoms with Crippen LogP contribution in [0, 0.1) is 0 Å². The van der Waals surface area contributed by atoms with Crippen LogP contribution in [0.1, 0.15) is 5.69 Å². The maximum absolute atomic E-state index is 13.0. The minimum absolute atomic E-state index is 0.0151. The minimum atomic E-state index is -4.65. The zero-order valence-corrected chi connectivity index (χ0v) is 13.2. The predicted molar refractivity (Wildman–Crippen MR) is 83.9 cm³/mol. The number of anilines is 3. The highest BCUT2D eigenvalue weighted by Crippen LogP contribution is 2.33. The molecule has 2 aromatic rings. The van der Waals surface area contributed by atoms with Crippen molar-refractivity contribution in [3.63, 3.8) is 0 Å². The van der Waals surface area contributed by atoms with Crippen LogP contribution >= 0.6 is 11.6 Å². The smallest absolute Gasteiger partial charge is 0.433 e. The molecule has 0 aliphatic rings. The highest BCUT2D eigenvalue weighted by Gasteiger charge is 2.33. The van der Waals surface area contributed by atoms with Crippen molar-refractivity contribution >= 4 is 29.1 Å². The van der Waals surface area contributed by atoms with Crippen molar-refractivity contribution in [2.75, 3.05) is 30.9 Å². The standard InChI is InChI=1S/C14H14ClF3N4O2/c1-24-10-3-2-8(15)6-9(10)20-12-7-11(14(16,17)18)21-13(22-12)19-4-5-23/h2-3,6-7,23H,4-5H2,1H3,(H2,19,20,21,22). The molecule has 0 amide bonds. The Balaban J connectivity index is 2.40. The summed E-state index contributed by atoms with van der Waals surface area (Å²) in [4.78, 5) is 7.33. The Kier molecular flexibility index (Phi) is 5.68. The number of rotatable bonds is 6. The topological polar surface area (TPSA) is 79.3 Å². The molecular formula is C14H14ClF3N4O2.